The second-order valence-corrected chi connectivity index (χ2v) is 5.98. The van der Waals surface area contributed by atoms with Crippen LogP contribution in [0.3, 0.4) is 0 Å². The van der Waals surface area contributed by atoms with Crippen molar-refractivity contribution in [2.75, 3.05) is 13.2 Å². The summed E-state index contributed by atoms with van der Waals surface area (Å²) >= 11 is 0. The number of fused-ring (bicyclic) bond motifs is 1. The summed E-state index contributed by atoms with van der Waals surface area (Å²) in [7, 11) is 0. The first kappa shape index (κ1) is 15.0. The van der Waals surface area contributed by atoms with Crippen molar-refractivity contribution in [3.63, 3.8) is 0 Å². The van der Waals surface area contributed by atoms with E-state index in [0.717, 1.165) is 25.7 Å². The monoisotopic (exact) mass is 305 g/mol. The lowest BCUT2D eigenvalue weighted by atomic mass is 10.1. The molecule has 0 aromatic carbocycles. The molecule has 0 aromatic rings. The van der Waals surface area contributed by atoms with E-state index in [0.29, 0.717) is 29.4 Å². The standard InChI is InChI=1S/C16H19NO5/c18-14-7-8-15(19)17(14)22-16(20)10-21-9-13-11-5-3-1-2-4-6-12(11)13/h11-13H,3-10H2. The van der Waals surface area contributed by atoms with E-state index in [-0.39, 0.29) is 19.4 Å². The van der Waals surface area contributed by atoms with Gasteiger partial charge in [-0.15, -0.1) is 16.9 Å². The normalized spacial score (nSPS) is 30.0. The van der Waals surface area contributed by atoms with Gasteiger partial charge in [0.25, 0.3) is 11.8 Å². The molecule has 6 heteroatoms. The largest absolute Gasteiger partial charge is 0.369 e. The number of carbonyl (C=O) groups is 3. The fourth-order valence-corrected chi connectivity index (χ4v) is 3.35. The molecule has 3 rings (SSSR count). The number of carbonyl (C=O) groups excluding carboxylic acids is 3. The molecule has 2 fully saturated rings. The molecular weight excluding hydrogens is 286 g/mol. The van der Waals surface area contributed by atoms with Crippen LogP contribution in [0, 0.1) is 29.6 Å². The lowest BCUT2D eigenvalue weighted by molar-refractivity contribution is -0.200. The smallest absolute Gasteiger partial charge is 0.358 e. The maximum absolute atomic E-state index is 11.6. The van der Waals surface area contributed by atoms with Crippen LogP contribution in [-0.2, 0) is 24.0 Å². The number of rotatable bonds is 5. The molecule has 1 aliphatic heterocycles. The zero-order valence-corrected chi connectivity index (χ0v) is 12.4. The molecule has 0 radical (unpaired) electrons. The number of ether oxygens (including phenoxy) is 1. The number of amides is 2. The van der Waals surface area contributed by atoms with Gasteiger partial charge in [0.15, 0.2) is 0 Å². The van der Waals surface area contributed by atoms with E-state index < -0.39 is 17.8 Å². The molecule has 0 N–H and O–H groups in total. The van der Waals surface area contributed by atoms with Crippen molar-refractivity contribution in [1.29, 1.82) is 0 Å². The third-order valence-corrected chi connectivity index (χ3v) is 4.57. The summed E-state index contributed by atoms with van der Waals surface area (Å²) in [5, 5.41) is 0.550. The highest BCUT2D eigenvalue weighted by Crippen LogP contribution is 2.52. The number of nitrogens with zero attached hydrogens (tertiary/aromatic N) is 1. The Labute approximate surface area is 129 Å². The minimum absolute atomic E-state index is 0.0977. The molecule has 6 nitrogen and oxygen atoms in total. The van der Waals surface area contributed by atoms with E-state index in [2.05, 4.69) is 11.8 Å². The van der Waals surface area contributed by atoms with Gasteiger partial charge < -0.3 is 9.57 Å². The van der Waals surface area contributed by atoms with Gasteiger partial charge in [0.2, 0.25) is 0 Å². The van der Waals surface area contributed by atoms with E-state index in [9.17, 15) is 14.4 Å². The van der Waals surface area contributed by atoms with Crippen LogP contribution in [0.2, 0.25) is 0 Å². The fourth-order valence-electron chi connectivity index (χ4n) is 3.35. The summed E-state index contributed by atoms with van der Waals surface area (Å²) in [4.78, 5) is 39.0. The third-order valence-electron chi connectivity index (χ3n) is 4.57. The first-order chi connectivity index (χ1) is 10.7. The second-order valence-electron chi connectivity index (χ2n) is 5.98. The molecule has 2 aliphatic carbocycles. The van der Waals surface area contributed by atoms with Gasteiger partial charge in [-0.1, -0.05) is 0 Å². The summed E-state index contributed by atoms with van der Waals surface area (Å²) in [6.45, 7) is 0.288. The molecule has 1 heterocycles. The van der Waals surface area contributed by atoms with Gasteiger partial charge in [-0.25, -0.2) is 4.79 Å². The van der Waals surface area contributed by atoms with Crippen LogP contribution in [0.4, 0.5) is 0 Å². The summed E-state index contributed by atoms with van der Waals surface area (Å²) in [6.07, 6.45) is 4.29. The van der Waals surface area contributed by atoms with Crippen LogP contribution >= 0.6 is 0 Å². The van der Waals surface area contributed by atoms with Gasteiger partial charge >= 0.3 is 5.97 Å². The van der Waals surface area contributed by atoms with E-state index in [4.69, 9.17) is 9.57 Å². The van der Waals surface area contributed by atoms with Crippen LogP contribution in [0.25, 0.3) is 0 Å². The Morgan fingerprint density at radius 1 is 1.09 bits per heavy atom. The van der Waals surface area contributed by atoms with E-state index >= 15 is 0 Å². The fraction of sp³-hybridized carbons (Fsp3) is 0.688. The predicted octanol–water partition coefficient (Wildman–Crippen LogP) is 1.05. The highest BCUT2D eigenvalue weighted by molar-refractivity contribution is 6.01. The lowest BCUT2D eigenvalue weighted by Crippen LogP contribution is -2.33. The van der Waals surface area contributed by atoms with Crippen molar-refractivity contribution in [3.05, 3.63) is 0 Å². The molecule has 2 atom stereocenters. The second kappa shape index (κ2) is 6.49. The molecule has 3 aliphatic rings. The summed E-state index contributed by atoms with van der Waals surface area (Å²) in [5.74, 6) is 6.47. The van der Waals surface area contributed by atoms with E-state index in [1.807, 2.05) is 0 Å². The highest BCUT2D eigenvalue weighted by Gasteiger charge is 2.48. The van der Waals surface area contributed by atoms with Crippen LogP contribution in [0.5, 0.6) is 0 Å². The molecule has 2 amide bonds. The van der Waals surface area contributed by atoms with Gasteiger partial charge in [-0.05, 0) is 30.6 Å². The summed E-state index contributed by atoms with van der Waals surface area (Å²) < 4.78 is 5.41. The lowest BCUT2D eigenvalue weighted by Gasteiger charge is -2.12. The van der Waals surface area contributed by atoms with Gasteiger partial charge in [-0.2, -0.15) is 0 Å². The number of hydroxylamine groups is 2. The van der Waals surface area contributed by atoms with Gasteiger partial charge in [0.1, 0.15) is 6.61 Å². The van der Waals surface area contributed by atoms with Crippen molar-refractivity contribution in [3.8, 4) is 11.8 Å². The number of hydrogen-bond donors (Lipinski definition) is 0. The average molecular weight is 305 g/mol. The van der Waals surface area contributed by atoms with Gasteiger partial charge in [-0.3, -0.25) is 9.59 Å². The van der Waals surface area contributed by atoms with Crippen LogP contribution in [-0.4, -0.2) is 36.1 Å². The quantitative estimate of drug-likeness (QED) is 0.561. The molecule has 1 saturated heterocycles. The van der Waals surface area contributed by atoms with Crippen LogP contribution < -0.4 is 0 Å². The Morgan fingerprint density at radius 2 is 1.68 bits per heavy atom. The molecule has 1 saturated carbocycles. The van der Waals surface area contributed by atoms with E-state index in [1.165, 1.54) is 0 Å². The third kappa shape index (κ3) is 3.30. The number of imide groups is 1. The molecule has 0 spiro atoms. The number of hydrogen-bond acceptors (Lipinski definition) is 5. The zero-order valence-electron chi connectivity index (χ0n) is 12.4. The Bertz CT molecular complexity index is 512. The van der Waals surface area contributed by atoms with Crippen molar-refractivity contribution in [2.24, 2.45) is 17.8 Å². The Kier molecular flexibility index (Phi) is 4.44. The average Bonchev–Trinajstić information content (AvgIpc) is 3.00. The Morgan fingerprint density at radius 3 is 2.27 bits per heavy atom. The minimum Gasteiger partial charge on any atom is -0.369 e. The maximum atomic E-state index is 11.6. The first-order valence-corrected chi connectivity index (χ1v) is 7.77. The molecule has 22 heavy (non-hydrogen) atoms. The van der Waals surface area contributed by atoms with Crippen molar-refractivity contribution in [2.45, 2.75) is 38.5 Å². The maximum Gasteiger partial charge on any atom is 0.358 e. The van der Waals surface area contributed by atoms with Gasteiger partial charge in [0, 0.05) is 25.7 Å². The topological polar surface area (TPSA) is 72.9 Å². The Hall–Kier alpha value is -1.87. The summed E-state index contributed by atoms with van der Waals surface area (Å²) in [6, 6.07) is 0. The van der Waals surface area contributed by atoms with Crippen molar-refractivity contribution < 1.29 is 24.0 Å². The minimum atomic E-state index is -0.704. The highest BCUT2D eigenvalue weighted by atomic mass is 16.7. The SMILES string of the molecule is O=C(COCC1C2CCC#CCCC21)ON1C(=O)CCC1=O. The predicted molar refractivity (Wildman–Crippen MR) is 74.7 cm³/mol. The summed E-state index contributed by atoms with van der Waals surface area (Å²) in [5.41, 5.74) is 0. The molecule has 0 bridgehead atoms. The molecule has 0 aromatic heterocycles. The van der Waals surface area contributed by atoms with Crippen LogP contribution in [0.1, 0.15) is 38.5 Å². The van der Waals surface area contributed by atoms with Crippen molar-refractivity contribution in [1.82, 2.24) is 5.06 Å². The molecule has 2 unspecified atom stereocenters. The van der Waals surface area contributed by atoms with Crippen LogP contribution in [0.15, 0.2) is 0 Å². The molecule has 118 valence electrons. The Balaban J connectivity index is 1.36. The van der Waals surface area contributed by atoms with Gasteiger partial charge in [0.05, 0.1) is 6.61 Å². The van der Waals surface area contributed by atoms with E-state index in [1.54, 1.807) is 0 Å². The molecular formula is C16H19NO5. The zero-order chi connectivity index (χ0) is 15.5. The van der Waals surface area contributed by atoms with Crippen molar-refractivity contribution >= 4 is 17.8 Å². The first-order valence-electron chi connectivity index (χ1n) is 7.77.